The predicted octanol–water partition coefficient (Wildman–Crippen LogP) is 2.00. The number of anilines is 1. The van der Waals surface area contributed by atoms with Crippen LogP contribution in [0.3, 0.4) is 0 Å². The first kappa shape index (κ1) is 16.7. The number of nitrogens with two attached hydrogens (primary N) is 2. The maximum absolute atomic E-state index is 11.5. The highest BCUT2D eigenvalue weighted by molar-refractivity contribution is 6.00. The third kappa shape index (κ3) is 3.37. The van der Waals surface area contributed by atoms with Gasteiger partial charge in [0, 0.05) is 0 Å². The average molecular weight is 346 g/mol. The van der Waals surface area contributed by atoms with E-state index in [1.54, 1.807) is 24.3 Å². The summed E-state index contributed by atoms with van der Waals surface area (Å²) in [6.45, 7) is 0. The van der Waals surface area contributed by atoms with E-state index >= 15 is 0 Å². The van der Waals surface area contributed by atoms with Crippen LogP contribution in [-0.2, 0) is 0 Å². The fraction of sp³-hybridized carbons (Fsp3) is 0. The van der Waals surface area contributed by atoms with E-state index < -0.39 is 11.9 Å². The lowest BCUT2D eigenvalue weighted by molar-refractivity contribution is 0.0996. The standard InChI is InChI=1S/C18H14N6O2/c19-9-11-1-3-12(4-2-11)13-5-7-14(8-6-13)24-10-15(22-18(21)26)16(23-24)17(20)25/h1-8,10H,(H2,20,25)(H3,21,22,26). The molecule has 26 heavy (non-hydrogen) atoms. The van der Waals surface area contributed by atoms with Crippen LogP contribution < -0.4 is 16.8 Å². The number of rotatable bonds is 4. The van der Waals surface area contributed by atoms with Gasteiger partial charge in [0.1, 0.15) is 0 Å². The maximum atomic E-state index is 11.5. The molecule has 5 N–H and O–H groups in total. The minimum atomic E-state index is -0.816. The summed E-state index contributed by atoms with van der Waals surface area (Å²) >= 11 is 0. The number of nitriles is 1. The summed E-state index contributed by atoms with van der Waals surface area (Å²) < 4.78 is 1.42. The van der Waals surface area contributed by atoms with Crippen molar-refractivity contribution < 1.29 is 9.59 Å². The van der Waals surface area contributed by atoms with E-state index in [1.165, 1.54) is 10.9 Å². The number of aromatic nitrogens is 2. The molecule has 0 aliphatic rings. The average Bonchev–Trinajstić information content (AvgIpc) is 3.05. The second-order valence-electron chi connectivity index (χ2n) is 5.43. The zero-order valence-corrected chi connectivity index (χ0v) is 13.5. The number of nitrogens with one attached hydrogen (secondary N) is 1. The Bertz CT molecular complexity index is 1010. The molecule has 8 nitrogen and oxygen atoms in total. The molecular formula is C18H14N6O2. The number of amides is 3. The minimum absolute atomic E-state index is 0.0834. The monoisotopic (exact) mass is 346 g/mol. The van der Waals surface area contributed by atoms with Crippen molar-refractivity contribution in [1.29, 1.82) is 5.26 Å². The predicted molar refractivity (Wildman–Crippen MR) is 95.4 cm³/mol. The summed E-state index contributed by atoms with van der Waals surface area (Å²) in [6.07, 6.45) is 1.46. The van der Waals surface area contributed by atoms with Gasteiger partial charge in [0.2, 0.25) is 0 Å². The number of nitrogens with zero attached hydrogens (tertiary/aromatic N) is 3. The van der Waals surface area contributed by atoms with Gasteiger partial charge in [0.15, 0.2) is 5.69 Å². The molecule has 0 radical (unpaired) electrons. The summed E-state index contributed by atoms with van der Waals surface area (Å²) in [5.74, 6) is -0.776. The molecule has 0 atom stereocenters. The first-order valence-electron chi connectivity index (χ1n) is 7.55. The molecule has 3 aromatic rings. The van der Waals surface area contributed by atoms with Crippen LogP contribution in [0.5, 0.6) is 0 Å². The van der Waals surface area contributed by atoms with Crippen molar-refractivity contribution in [2.75, 3.05) is 5.32 Å². The third-order valence-electron chi connectivity index (χ3n) is 3.68. The lowest BCUT2D eigenvalue weighted by Gasteiger charge is -2.05. The summed E-state index contributed by atoms with van der Waals surface area (Å²) in [5.41, 5.74) is 13.6. The van der Waals surface area contributed by atoms with Crippen LogP contribution in [0.15, 0.2) is 54.7 Å². The number of carbonyl (C=O) groups excluding carboxylic acids is 2. The molecule has 128 valence electrons. The number of carbonyl (C=O) groups is 2. The van der Waals surface area contributed by atoms with E-state index in [4.69, 9.17) is 16.7 Å². The zero-order chi connectivity index (χ0) is 18.7. The molecule has 0 saturated carbocycles. The Labute approximate surface area is 148 Å². The van der Waals surface area contributed by atoms with E-state index in [9.17, 15) is 9.59 Å². The Hall–Kier alpha value is -4.12. The van der Waals surface area contributed by atoms with E-state index in [2.05, 4.69) is 16.5 Å². The maximum Gasteiger partial charge on any atom is 0.316 e. The summed E-state index contributed by atoms with van der Waals surface area (Å²) in [6, 6.07) is 15.8. The largest absolute Gasteiger partial charge is 0.364 e. The second kappa shape index (κ2) is 6.78. The fourth-order valence-electron chi connectivity index (χ4n) is 2.46. The highest BCUT2D eigenvalue weighted by atomic mass is 16.2. The second-order valence-corrected chi connectivity index (χ2v) is 5.43. The molecule has 0 aliphatic carbocycles. The molecular weight excluding hydrogens is 332 g/mol. The number of primary amides is 2. The molecule has 0 saturated heterocycles. The van der Waals surface area contributed by atoms with Crippen molar-refractivity contribution in [1.82, 2.24) is 9.78 Å². The van der Waals surface area contributed by atoms with Crippen molar-refractivity contribution in [3.63, 3.8) is 0 Å². The number of benzene rings is 2. The highest BCUT2D eigenvalue weighted by Crippen LogP contribution is 2.23. The van der Waals surface area contributed by atoms with Gasteiger partial charge in [-0.15, -0.1) is 0 Å². The molecule has 0 aliphatic heterocycles. The van der Waals surface area contributed by atoms with Gasteiger partial charge in [-0.25, -0.2) is 9.48 Å². The molecule has 3 rings (SSSR count). The van der Waals surface area contributed by atoms with Crippen LogP contribution in [0.4, 0.5) is 10.5 Å². The Morgan fingerprint density at radius 2 is 1.58 bits per heavy atom. The normalized spacial score (nSPS) is 10.1. The Morgan fingerprint density at radius 1 is 1.00 bits per heavy atom. The summed E-state index contributed by atoms with van der Waals surface area (Å²) in [7, 11) is 0. The summed E-state index contributed by atoms with van der Waals surface area (Å²) in [5, 5.41) is 15.3. The third-order valence-corrected chi connectivity index (χ3v) is 3.68. The van der Waals surface area contributed by atoms with Gasteiger partial charge in [0.25, 0.3) is 5.91 Å². The van der Waals surface area contributed by atoms with Crippen LogP contribution in [0.1, 0.15) is 16.1 Å². The Morgan fingerprint density at radius 3 is 2.08 bits per heavy atom. The van der Waals surface area contributed by atoms with Crippen molar-refractivity contribution in [2.45, 2.75) is 0 Å². The van der Waals surface area contributed by atoms with Crippen LogP contribution in [0.2, 0.25) is 0 Å². The molecule has 0 unspecified atom stereocenters. The SMILES string of the molecule is N#Cc1ccc(-c2ccc(-n3cc(NC(N)=O)c(C(N)=O)n3)cc2)cc1. The molecule has 0 fully saturated rings. The fourth-order valence-corrected chi connectivity index (χ4v) is 2.46. The smallest absolute Gasteiger partial charge is 0.316 e. The number of hydrogen-bond donors (Lipinski definition) is 3. The van der Waals surface area contributed by atoms with Gasteiger partial charge < -0.3 is 16.8 Å². The van der Waals surface area contributed by atoms with Gasteiger partial charge in [0.05, 0.1) is 29.2 Å². The van der Waals surface area contributed by atoms with Crippen molar-refractivity contribution in [3.8, 4) is 22.9 Å². The summed E-state index contributed by atoms with van der Waals surface area (Å²) in [4.78, 5) is 22.5. The van der Waals surface area contributed by atoms with E-state index in [0.717, 1.165) is 11.1 Å². The minimum Gasteiger partial charge on any atom is -0.364 e. The first-order valence-corrected chi connectivity index (χ1v) is 7.55. The molecule has 1 heterocycles. The molecule has 1 aromatic heterocycles. The molecule has 0 bridgehead atoms. The van der Waals surface area contributed by atoms with Crippen LogP contribution in [-0.4, -0.2) is 21.7 Å². The lowest BCUT2D eigenvalue weighted by Crippen LogP contribution is -2.22. The number of urea groups is 1. The lowest BCUT2D eigenvalue weighted by atomic mass is 10.0. The Kier molecular flexibility index (Phi) is 4.36. The molecule has 0 spiro atoms. The van der Waals surface area contributed by atoms with Crippen molar-refractivity contribution in [3.05, 3.63) is 66.0 Å². The molecule has 8 heteroatoms. The van der Waals surface area contributed by atoms with Gasteiger partial charge in [-0.1, -0.05) is 24.3 Å². The molecule has 3 amide bonds. The van der Waals surface area contributed by atoms with Gasteiger partial charge >= 0.3 is 6.03 Å². The van der Waals surface area contributed by atoms with Gasteiger partial charge in [-0.2, -0.15) is 10.4 Å². The molecule has 2 aromatic carbocycles. The number of hydrogen-bond acceptors (Lipinski definition) is 4. The van der Waals surface area contributed by atoms with E-state index in [1.807, 2.05) is 24.3 Å². The topological polar surface area (TPSA) is 140 Å². The highest BCUT2D eigenvalue weighted by Gasteiger charge is 2.16. The van der Waals surface area contributed by atoms with E-state index in [0.29, 0.717) is 11.3 Å². The van der Waals surface area contributed by atoms with Crippen LogP contribution in [0, 0.1) is 11.3 Å². The first-order chi connectivity index (χ1) is 12.5. The van der Waals surface area contributed by atoms with Crippen molar-refractivity contribution in [2.24, 2.45) is 11.5 Å². The van der Waals surface area contributed by atoms with Gasteiger partial charge in [-0.05, 0) is 35.4 Å². The van der Waals surface area contributed by atoms with Crippen LogP contribution in [0.25, 0.3) is 16.8 Å². The quantitative estimate of drug-likeness (QED) is 0.664. The van der Waals surface area contributed by atoms with Crippen molar-refractivity contribution >= 4 is 17.6 Å². The van der Waals surface area contributed by atoms with Crippen LogP contribution >= 0.6 is 0 Å². The zero-order valence-electron chi connectivity index (χ0n) is 13.5. The van der Waals surface area contributed by atoms with Gasteiger partial charge in [-0.3, -0.25) is 4.79 Å². The Balaban J connectivity index is 1.92. The van der Waals surface area contributed by atoms with E-state index in [-0.39, 0.29) is 11.4 Å².